The van der Waals surface area contributed by atoms with E-state index in [1.165, 1.54) is 56.9 Å². The van der Waals surface area contributed by atoms with Gasteiger partial charge in [-0.25, -0.2) is 0 Å². The predicted octanol–water partition coefficient (Wildman–Crippen LogP) is 4.46. The summed E-state index contributed by atoms with van der Waals surface area (Å²) in [5.74, 6) is 0. The average molecular weight is 212 g/mol. The lowest BCUT2D eigenvalue weighted by molar-refractivity contribution is 0.302. The lowest BCUT2D eigenvalue weighted by atomic mass is 10.0. The second-order valence-electron chi connectivity index (χ2n) is 4.43. The van der Waals surface area contributed by atoms with E-state index < -0.39 is 0 Å². The van der Waals surface area contributed by atoms with Crippen LogP contribution in [0, 0.1) is 0 Å². The van der Waals surface area contributed by atoms with Gasteiger partial charge in [-0.15, -0.1) is 0 Å². The van der Waals surface area contributed by atoms with Gasteiger partial charge in [-0.1, -0.05) is 57.1 Å². The van der Waals surface area contributed by atoms with Gasteiger partial charge in [-0.3, -0.25) is 0 Å². The molecule has 0 aliphatic rings. The highest BCUT2D eigenvalue weighted by atomic mass is 16.2. The molecule has 90 valence electrons. The van der Waals surface area contributed by atoms with Gasteiger partial charge in [0.2, 0.25) is 0 Å². The van der Waals surface area contributed by atoms with E-state index in [0.717, 1.165) is 6.42 Å². The first-order valence-corrected chi connectivity index (χ1v) is 6.57. The molecule has 0 saturated carbocycles. The van der Waals surface area contributed by atoms with Gasteiger partial charge in [-0.05, 0) is 26.2 Å². The molecule has 0 aromatic rings. The molecule has 1 N–H and O–H groups in total. The van der Waals surface area contributed by atoms with Crippen LogP contribution in [0.4, 0.5) is 0 Å². The van der Waals surface area contributed by atoms with Crippen molar-refractivity contribution in [2.75, 3.05) is 6.61 Å². The average Bonchev–Trinajstić information content (AvgIpc) is 2.25. The fourth-order valence-corrected chi connectivity index (χ4v) is 1.77. The Labute approximate surface area is 95.6 Å². The molecule has 15 heavy (non-hydrogen) atoms. The van der Waals surface area contributed by atoms with Crippen molar-refractivity contribution in [2.45, 2.75) is 71.6 Å². The fraction of sp³-hybridized carbons (Fsp3) is 0.857. The molecule has 0 amide bonds. The number of hydrogen-bond acceptors (Lipinski definition) is 1. The molecule has 0 spiro atoms. The molecule has 0 aliphatic heterocycles. The monoisotopic (exact) mass is 212 g/mol. The molecule has 1 nitrogen and oxygen atoms in total. The van der Waals surface area contributed by atoms with Crippen molar-refractivity contribution in [1.82, 2.24) is 0 Å². The Bertz CT molecular complexity index is 149. The van der Waals surface area contributed by atoms with Gasteiger partial charge in [0.15, 0.2) is 0 Å². The van der Waals surface area contributed by atoms with Crippen molar-refractivity contribution in [3.63, 3.8) is 0 Å². The lowest BCUT2D eigenvalue weighted by Gasteiger charge is -2.02. The summed E-state index contributed by atoms with van der Waals surface area (Å²) in [5.41, 5.74) is 1.44. The number of aliphatic hydroxyl groups is 1. The predicted molar refractivity (Wildman–Crippen MR) is 68.1 cm³/mol. The number of rotatable bonds is 10. The summed E-state index contributed by atoms with van der Waals surface area (Å²) in [6.07, 6.45) is 13.8. The van der Waals surface area contributed by atoms with E-state index in [1.54, 1.807) is 0 Å². The highest BCUT2D eigenvalue weighted by Crippen LogP contribution is 2.12. The summed E-state index contributed by atoms with van der Waals surface area (Å²) in [5, 5.41) is 8.66. The second kappa shape index (κ2) is 11.8. The third-order valence-electron chi connectivity index (χ3n) is 2.80. The van der Waals surface area contributed by atoms with Gasteiger partial charge >= 0.3 is 0 Å². The molecule has 0 heterocycles. The first kappa shape index (κ1) is 14.7. The molecule has 0 unspecified atom stereocenters. The minimum Gasteiger partial charge on any atom is -0.396 e. The second-order valence-corrected chi connectivity index (χ2v) is 4.43. The fourth-order valence-electron chi connectivity index (χ4n) is 1.77. The van der Waals surface area contributed by atoms with Crippen LogP contribution in [0.1, 0.15) is 71.6 Å². The molecule has 0 aromatic heterocycles. The Morgan fingerprint density at radius 1 is 1.00 bits per heavy atom. The smallest absolute Gasteiger partial charge is 0.0465 e. The summed E-state index contributed by atoms with van der Waals surface area (Å²) >= 11 is 0. The minimum absolute atomic E-state index is 0.286. The van der Waals surface area contributed by atoms with Crippen molar-refractivity contribution in [1.29, 1.82) is 0 Å². The van der Waals surface area contributed by atoms with E-state index in [-0.39, 0.29) is 6.61 Å². The van der Waals surface area contributed by atoms with Crippen molar-refractivity contribution >= 4 is 0 Å². The first-order chi connectivity index (χ1) is 7.31. The Morgan fingerprint density at radius 3 is 2.20 bits per heavy atom. The van der Waals surface area contributed by atoms with Crippen LogP contribution in [0.15, 0.2) is 11.6 Å². The molecule has 0 aliphatic carbocycles. The van der Waals surface area contributed by atoms with Crippen molar-refractivity contribution < 1.29 is 5.11 Å². The van der Waals surface area contributed by atoms with Gasteiger partial charge < -0.3 is 5.11 Å². The van der Waals surface area contributed by atoms with Crippen LogP contribution in [0.25, 0.3) is 0 Å². The van der Waals surface area contributed by atoms with Crippen LogP contribution in [0.3, 0.4) is 0 Å². The summed E-state index contributed by atoms with van der Waals surface area (Å²) in [7, 11) is 0. The quantitative estimate of drug-likeness (QED) is 0.419. The number of unbranched alkanes of at least 4 members (excludes halogenated alkanes) is 6. The zero-order chi connectivity index (χ0) is 11.4. The highest BCUT2D eigenvalue weighted by molar-refractivity contribution is 4.97. The number of allylic oxidation sites excluding steroid dienone is 1. The lowest BCUT2D eigenvalue weighted by Crippen LogP contribution is -1.84. The van der Waals surface area contributed by atoms with Crippen LogP contribution in [-0.2, 0) is 0 Å². The van der Waals surface area contributed by atoms with E-state index in [4.69, 9.17) is 5.11 Å². The van der Waals surface area contributed by atoms with Gasteiger partial charge in [0.25, 0.3) is 0 Å². The number of hydrogen-bond donors (Lipinski definition) is 1. The Kier molecular flexibility index (Phi) is 11.5. The van der Waals surface area contributed by atoms with Crippen LogP contribution in [0.2, 0.25) is 0 Å². The summed E-state index contributed by atoms with van der Waals surface area (Å²) in [6, 6.07) is 0. The molecule has 0 rings (SSSR count). The summed E-state index contributed by atoms with van der Waals surface area (Å²) in [6.45, 7) is 4.72. The normalized spacial score (nSPS) is 12.1. The summed E-state index contributed by atoms with van der Waals surface area (Å²) < 4.78 is 0. The maximum absolute atomic E-state index is 8.66. The molecule has 0 aromatic carbocycles. The summed E-state index contributed by atoms with van der Waals surface area (Å²) in [4.78, 5) is 0. The van der Waals surface area contributed by atoms with Gasteiger partial charge in [0.1, 0.15) is 0 Å². The third-order valence-corrected chi connectivity index (χ3v) is 2.80. The van der Waals surface area contributed by atoms with Crippen LogP contribution in [0.5, 0.6) is 0 Å². The Balaban J connectivity index is 3.16. The molecule has 0 atom stereocenters. The Hall–Kier alpha value is -0.300. The van der Waals surface area contributed by atoms with E-state index in [1.807, 2.05) is 0 Å². The zero-order valence-electron chi connectivity index (χ0n) is 10.6. The minimum atomic E-state index is 0.286. The van der Waals surface area contributed by atoms with E-state index in [0.29, 0.717) is 0 Å². The molecule has 0 radical (unpaired) electrons. The largest absolute Gasteiger partial charge is 0.396 e. The van der Waals surface area contributed by atoms with Crippen LogP contribution in [-0.4, -0.2) is 11.7 Å². The molecular formula is C14H28O. The topological polar surface area (TPSA) is 20.2 Å². The Morgan fingerprint density at radius 2 is 1.60 bits per heavy atom. The zero-order valence-corrected chi connectivity index (χ0v) is 10.6. The van der Waals surface area contributed by atoms with Crippen LogP contribution < -0.4 is 0 Å². The molecular weight excluding hydrogens is 184 g/mol. The van der Waals surface area contributed by atoms with Crippen molar-refractivity contribution in [3.05, 3.63) is 11.6 Å². The maximum atomic E-state index is 8.66. The van der Waals surface area contributed by atoms with Gasteiger partial charge in [-0.2, -0.15) is 0 Å². The third kappa shape index (κ3) is 11.6. The van der Waals surface area contributed by atoms with Gasteiger partial charge in [0, 0.05) is 6.61 Å². The van der Waals surface area contributed by atoms with Crippen molar-refractivity contribution in [2.24, 2.45) is 0 Å². The van der Waals surface area contributed by atoms with E-state index in [9.17, 15) is 0 Å². The van der Waals surface area contributed by atoms with Crippen molar-refractivity contribution in [3.8, 4) is 0 Å². The highest BCUT2D eigenvalue weighted by Gasteiger charge is 1.92. The SMILES string of the molecule is CCCCCCCCC/C(C)=C\CCO. The molecule has 1 heteroatoms. The van der Waals surface area contributed by atoms with E-state index in [2.05, 4.69) is 19.9 Å². The molecule has 0 fully saturated rings. The van der Waals surface area contributed by atoms with Crippen LogP contribution >= 0.6 is 0 Å². The molecule has 0 saturated heterocycles. The standard InChI is InChI=1S/C14H28O/c1-3-4-5-6-7-8-9-11-14(2)12-10-13-15/h12,15H,3-11,13H2,1-2H3/b14-12-. The van der Waals surface area contributed by atoms with E-state index >= 15 is 0 Å². The van der Waals surface area contributed by atoms with Gasteiger partial charge in [0.05, 0.1) is 0 Å². The first-order valence-electron chi connectivity index (χ1n) is 6.57. The maximum Gasteiger partial charge on any atom is 0.0465 e. The number of aliphatic hydroxyl groups excluding tert-OH is 1. The molecule has 0 bridgehead atoms.